The van der Waals surface area contributed by atoms with E-state index in [4.69, 9.17) is 0 Å². The minimum atomic E-state index is -4.30. The highest BCUT2D eigenvalue weighted by molar-refractivity contribution is 5.86. The van der Waals surface area contributed by atoms with Crippen molar-refractivity contribution >= 4 is 16.9 Å². The number of pyridine rings is 1. The van der Waals surface area contributed by atoms with Gasteiger partial charge in [-0.3, -0.25) is 9.47 Å². The molecule has 3 atom stereocenters. The first-order chi connectivity index (χ1) is 18.6. The average Bonchev–Trinajstić information content (AvgIpc) is 2.92. The quantitative estimate of drug-likeness (QED) is 0.460. The number of rotatable bonds is 8. The number of nitriles is 1. The number of benzene rings is 1. The van der Waals surface area contributed by atoms with E-state index in [-0.39, 0.29) is 30.4 Å². The summed E-state index contributed by atoms with van der Waals surface area (Å²) in [5, 5.41) is 12.1. The first kappa shape index (κ1) is 28.5. The SMILES string of the molecule is CC[C@H]1CN(C(CNCC(F)(F)F)c2ccc(C)cc2)[C@H](CC)CN1c1nc(=O)n(C)c2ccc(C#N)nc12. The highest BCUT2D eigenvalue weighted by atomic mass is 19.4. The summed E-state index contributed by atoms with van der Waals surface area (Å²) in [7, 11) is 1.62. The van der Waals surface area contributed by atoms with Gasteiger partial charge in [0.15, 0.2) is 5.82 Å². The van der Waals surface area contributed by atoms with Gasteiger partial charge >= 0.3 is 11.9 Å². The molecule has 1 unspecified atom stereocenters. The van der Waals surface area contributed by atoms with E-state index >= 15 is 0 Å². The van der Waals surface area contributed by atoms with E-state index in [1.165, 1.54) is 4.57 Å². The van der Waals surface area contributed by atoms with Crippen molar-refractivity contribution in [3.8, 4) is 6.07 Å². The molecule has 1 fully saturated rings. The zero-order valence-electron chi connectivity index (χ0n) is 22.7. The summed E-state index contributed by atoms with van der Waals surface area (Å²) in [5.74, 6) is 0.442. The first-order valence-electron chi connectivity index (χ1n) is 13.2. The minimum absolute atomic E-state index is 0.0214. The molecule has 11 heteroatoms. The predicted octanol–water partition coefficient (Wildman–Crippen LogP) is 4.08. The summed E-state index contributed by atoms with van der Waals surface area (Å²) in [6, 6.07) is 12.9. The molecule has 2 aromatic heterocycles. The summed E-state index contributed by atoms with van der Waals surface area (Å²) >= 11 is 0. The molecule has 0 radical (unpaired) electrons. The van der Waals surface area contributed by atoms with Crippen LogP contribution < -0.4 is 15.9 Å². The van der Waals surface area contributed by atoms with Crippen LogP contribution in [0.1, 0.15) is 49.6 Å². The fraction of sp³-hybridized carbons (Fsp3) is 0.500. The van der Waals surface area contributed by atoms with E-state index in [2.05, 4.69) is 38.1 Å². The molecule has 1 N–H and O–H groups in total. The predicted molar refractivity (Wildman–Crippen MR) is 145 cm³/mol. The second kappa shape index (κ2) is 11.7. The lowest BCUT2D eigenvalue weighted by Gasteiger charge is -2.49. The van der Waals surface area contributed by atoms with Crippen molar-refractivity contribution in [2.45, 2.75) is 57.9 Å². The Morgan fingerprint density at radius 1 is 1.08 bits per heavy atom. The van der Waals surface area contributed by atoms with Crippen LogP contribution in [0, 0.1) is 18.3 Å². The maximum absolute atomic E-state index is 13.0. The summed E-state index contributed by atoms with van der Waals surface area (Å²) in [6.07, 6.45) is -2.83. The van der Waals surface area contributed by atoms with Crippen molar-refractivity contribution in [2.24, 2.45) is 7.05 Å². The maximum Gasteiger partial charge on any atom is 0.401 e. The molecule has 1 aliphatic heterocycles. The Balaban J connectivity index is 1.73. The van der Waals surface area contributed by atoms with Crippen LogP contribution in [0.25, 0.3) is 11.0 Å². The van der Waals surface area contributed by atoms with Gasteiger partial charge in [0.25, 0.3) is 0 Å². The van der Waals surface area contributed by atoms with Gasteiger partial charge in [-0.1, -0.05) is 43.7 Å². The summed E-state index contributed by atoms with van der Waals surface area (Å²) in [6.45, 7) is 6.26. The molecule has 0 amide bonds. The third-order valence-electron chi connectivity index (χ3n) is 7.53. The lowest BCUT2D eigenvalue weighted by atomic mass is 9.95. The number of anilines is 1. The zero-order chi connectivity index (χ0) is 28.3. The number of nitrogens with zero attached hydrogens (tertiary/aromatic N) is 6. The molecule has 208 valence electrons. The monoisotopic (exact) mass is 541 g/mol. The Morgan fingerprint density at radius 2 is 1.77 bits per heavy atom. The fourth-order valence-electron chi connectivity index (χ4n) is 5.36. The normalized spacial score (nSPS) is 19.3. The molecule has 0 spiro atoms. The second-order valence-corrected chi connectivity index (χ2v) is 10.1. The third kappa shape index (κ3) is 6.23. The van der Waals surface area contributed by atoms with Gasteiger partial charge in [-0.15, -0.1) is 0 Å². The molecule has 0 bridgehead atoms. The van der Waals surface area contributed by atoms with Crippen LogP contribution in [0.4, 0.5) is 19.0 Å². The third-order valence-corrected chi connectivity index (χ3v) is 7.53. The van der Waals surface area contributed by atoms with E-state index in [1.54, 1.807) is 19.2 Å². The molecule has 3 heterocycles. The highest BCUT2D eigenvalue weighted by Crippen LogP contribution is 2.33. The molecule has 4 rings (SSSR count). The smallest absolute Gasteiger partial charge is 0.349 e. The van der Waals surface area contributed by atoms with Crippen LogP contribution in [0.3, 0.4) is 0 Å². The van der Waals surface area contributed by atoms with Crippen LogP contribution in [0.2, 0.25) is 0 Å². The van der Waals surface area contributed by atoms with Crippen molar-refractivity contribution in [1.29, 1.82) is 5.26 Å². The number of alkyl halides is 3. The van der Waals surface area contributed by atoms with E-state index in [1.807, 2.05) is 38.1 Å². The van der Waals surface area contributed by atoms with Gasteiger partial charge in [0.1, 0.15) is 17.3 Å². The molecule has 1 aromatic carbocycles. The Hall–Kier alpha value is -3.49. The van der Waals surface area contributed by atoms with E-state index < -0.39 is 18.4 Å². The standard InChI is InChI=1S/C28H34F3N7O/c1-5-21-16-38(26-25-23(36(4)27(39)35-26)12-11-20(13-32)34-25)22(6-2)15-37(21)24(14-33-17-28(29,30)31)19-9-7-18(3)8-10-19/h7-12,21-22,24,33H,5-6,14-17H2,1-4H3/t21-,22+,24?/m1/s1. The van der Waals surface area contributed by atoms with Gasteiger partial charge in [-0.25, -0.2) is 9.78 Å². The topological polar surface area (TPSA) is 90.1 Å². The van der Waals surface area contributed by atoms with Gasteiger partial charge in [0.2, 0.25) is 0 Å². The van der Waals surface area contributed by atoms with E-state index in [0.717, 1.165) is 24.0 Å². The first-order valence-corrected chi connectivity index (χ1v) is 13.2. The molecule has 8 nitrogen and oxygen atoms in total. The Bertz CT molecular complexity index is 1400. The van der Waals surface area contributed by atoms with Crippen molar-refractivity contribution < 1.29 is 13.2 Å². The lowest BCUT2D eigenvalue weighted by molar-refractivity contribution is -0.125. The van der Waals surface area contributed by atoms with Gasteiger partial charge in [-0.2, -0.15) is 23.4 Å². The summed E-state index contributed by atoms with van der Waals surface area (Å²) < 4.78 is 40.4. The molecule has 39 heavy (non-hydrogen) atoms. The molecule has 3 aromatic rings. The molecular weight excluding hydrogens is 507 g/mol. The number of piperazine rings is 1. The molecule has 0 saturated carbocycles. The van der Waals surface area contributed by atoms with E-state index in [0.29, 0.717) is 29.9 Å². The van der Waals surface area contributed by atoms with Gasteiger partial charge in [-0.05, 0) is 37.5 Å². The number of hydrogen-bond donors (Lipinski definition) is 1. The van der Waals surface area contributed by atoms with Crippen molar-refractivity contribution in [3.63, 3.8) is 0 Å². The van der Waals surface area contributed by atoms with Crippen molar-refractivity contribution in [1.82, 2.24) is 24.8 Å². The van der Waals surface area contributed by atoms with Crippen molar-refractivity contribution in [3.05, 3.63) is 63.7 Å². The summed E-state index contributed by atoms with van der Waals surface area (Å²) in [4.78, 5) is 26.1. The number of aromatic nitrogens is 3. The number of halogens is 3. The largest absolute Gasteiger partial charge is 0.401 e. The number of aryl methyl sites for hydroxylation is 2. The highest BCUT2D eigenvalue weighted by Gasteiger charge is 2.38. The van der Waals surface area contributed by atoms with Crippen LogP contribution in [-0.4, -0.2) is 63.9 Å². The van der Waals surface area contributed by atoms with Gasteiger partial charge in [0, 0.05) is 44.8 Å². The zero-order valence-corrected chi connectivity index (χ0v) is 22.7. The van der Waals surface area contributed by atoms with Crippen LogP contribution in [0.15, 0.2) is 41.2 Å². The minimum Gasteiger partial charge on any atom is -0.349 e. The maximum atomic E-state index is 13.0. The summed E-state index contributed by atoms with van der Waals surface area (Å²) in [5.41, 5.74) is 2.93. The van der Waals surface area contributed by atoms with E-state index in [9.17, 15) is 23.2 Å². The van der Waals surface area contributed by atoms with Gasteiger partial charge in [0.05, 0.1) is 12.1 Å². The van der Waals surface area contributed by atoms with Crippen LogP contribution in [-0.2, 0) is 7.05 Å². The van der Waals surface area contributed by atoms with Crippen LogP contribution in [0.5, 0.6) is 0 Å². The molecule has 1 saturated heterocycles. The molecule has 1 aliphatic rings. The van der Waals surface area contributed by atoms with Crippen molar-refractivity contribution in [2.75, 3.05) is 31.1 Å². The second-order valence-electron chi connectivity index (χ2n) is 10.1. The Morgan fingerprint density at radius 3 is 2.38 bits per heavy atom. The Kier molecular flexibility index (Phi) is 8.57. The molecule has 0 aliphatic carbocycles. The Labute approximate surface area is 226 Å². The number of nitrogens with one attached hydrogen (secondary N) is 1. The molecular formula is C28H34F3N7O. The average molecular weight is 542 g/mol. The number of hydrogen-bond acceptors (Lipinski definition) is 7. The number of fused-ring (bicyclic) bond motifs is 1. The van der Waals surface area contributed by atoms with Gasteiger partial charge < -0.3 is 10.2 Å². The van der Waals surface area contributed by atoms with Crippen LogP contribution >= 0.6 is 0 Å². The lowest BCUT2D eigenvalue weighted by Crippen LogP contribution is -2.60. The fourth-order valence-corrected chi connectivity index (χ4v) is 5.36.